The van der Waals surface area contributed by atoms with Crippen molar-refractivity contribution in [2.24, 2.45) is 0 Å². The first-order valence-corrected chi connectivity index (χ1v) is 4.69. The largest absolute Gasteiger partial charge is 0.391 e. The molecule has 78 valence electrons. The number of nitrogens with zero attached hydrogens (tertiary/aromatic N) is 3. The minimum Gasteiger partial charge on any atom is -0.391 e. The van der Waals surface area contributed by atoms with E-state index in [9.17, 15) is 9.90 Å². The number of aromatic nitrogens is 3. The highest BCUT2D eigenvalue weighted by Crippen LogP contribution is 2.03. The smallest absolute Gasteiger partial charge is 0.277 e. The SMILES string of the molecule is C[C@H](O)Cn1nnc2ccccc2c1=O. The highest BCUT2D eigenvalue weighted by Gasteiger charge is 2.06. The predicted octanol–water partition coefficient (Wildman–Crippen LogP) is 0.172. The first kappa shape index (κ1) is 9.79. The summed E-state index contributed by atoms with van der Waals surface area (Å²) in [6.45, 7) is 1.76. The first-order valence-electron chi connectivity index (χ1n) is 4.69. The predicted molar refractivity (Wildman–Crippen MR) is 55.5 cm³/mol. The van der Waals surface area contributed by atoms with Gasteiger partial charge in [-0.25, -0.2) is 4.68 Å². The summed E-state index contributed by atoms with van der Waals surface area (Å²) >= 11 is 0. The Balaban J connectivity index is 2.60. The molecule has 0 aliphatic carbocycles. The summed E-state index contributed by atoms with van der Waals surface area (Å²) in [4.78, 5) is 11.8. The maximum atomic E-state index is 11.8. The zero-order chi connectivity index (χ0) is 10.8. The van der Waals surface area contributed by atoms with Crippen LogP contribution in [0.15, 0.2) is 29.1 Å². The van der Waals surface area contributed by atoms with E-state index in [1.54, 1.807) is 31.2 Å². The standard InChI is InChI=1S/C10H11N3O2/c1-7(14)6-13-10(15)8-4-2-3-5-9(8)11-12-13/h2-5,7,14H,6H2,1H3/t7-/m0/s1. The Labute approximate surface area is 86.0 Å². The molecule has 0 saturated carbocycles. The van der Waals surface area contributed by atoms with Gasteiger partial charge >= 0.3 is 0 Å². The summed E-state index contributed by atoms with van der Waals surface area (Å²) < 4.78 is 1.17. The van der Waals surface area contributed by atoms with Gasteiger partial charge < -0.3 is 5.11 Å². The van der Waals surface area contributed by atoms with Crippen LogP contribution in [0.1, 0.15) is 6.92 Å². The second-order valence-corrected chi connectivity index (χ2v) is 3.44. The third-order valence-corrected chi connectivity index (χ3v) is 2.07. The van der Waals surface area contributed by atoms with Crippen molar-refractivity contribution in [3.8, 4) is 0 Å². The highest BCUT2D eigenvalue weighted by molar-refractivity contribution is 5.76. The summed E-state index contributed by atoms with van der Waals surface area (Å²) in [6.07, 6.45) is -0.613. The number of fused-ring (bicyclic) bond motifs is 1. The van der Waals surface area contributed by atoms with Gasteiger partial charge in [-0.1, -0.05) is 17.3 Å². The van der Waals surface area contributed by atoms with Crippen molar-refractivity contribution in [3.05, 3.63) is 34.6 Å². The molecule has 0 amide bonds. The lowest BCUT2D eigenvalue weighted by molar-refractivity contribution is 0.165. The van der Waals surface area contributed by atoms with E-state index in [0.717, 1.165) is 0 Å². The first-order chi connectivity index (χ1) is 7.18. The van der Waals surface area contributed by atoms with Gasteiger partial charge in [-0.15, -0.1) is 5.10 Å². The van der Waals surface area contributed by atoms with Crippen LogP contribution in [0.5, 0.6) is 0 Å². The lowest BCUT2D eigenvalue weighted by atomic mass is 10.2. The van der Waals surface area contributed by atoms with Crippen molar-refractivity contribution in [1.82, 2.24) is 15.0 Å². The van der Waals surface area contributed by atoms with Crippen LogP contribution >= 0.6 is 0 Å². The minimum atomic E-state index is -0.613. The van der Waals surface area contributed by atoms with Gasteiger partial charge in [-0.3, -0.25) is 4.79 Å². The zero-order valence-corrected chi connectivity index (χ0v) is 8.29. The monoisotopic (exact) mass is 205 g/mol. The Kier molecular flexibility index (Phi) is 2.47. The van der Waals surface area contributed by atoms with Crippen molar-refractivity contribution in [2.45, 2.75) is 19.6 Å². The summed E-state index contributed by atoms with van der Waals surface area (Å²) in [5.41, 5.74) is 0.353. The summed E-state index contributed by atoms with van der Waals surface area (Å²) in [5, 5.41) is 17.3. The molecule has 0 aliphatic rings. The van der Waals surface area contributed by atoms with Crippen LogP contribution in [-0.4, -0.2) is 26.2 Å². The Morgan fingerprint density at radius 3 is 2.93 bits per heavy atom. The van der Waals surface area contributed by atoms with Gasteiger partial charge in [0.1, 0.15) is 5.52 Å². The molecule has 0 radical (unpaired) electrons. The molecule has 1 aromatic carbocycles. The maximum Gasteiger partial charge on any atom is 0.277 e. The number of aliphatic hydroxyl groups is 1. The molecule has 1 N–H and O–H groups in total. The van der Waals surface area contributed by atoms with E-state index in [1.807, 2.05) is 0 Å². The highest BCUT2D eigenvalue weighted by atomic mass is 16.3. The van der Waals surface area contributed by atoms with Crippen molar-refractivity contribution in [1.29, 1.82) is 0 Å². The number of aliphatic hydroxyl groups excluding tert-OH is 1. The average Bonchev–Trinajstić information content (AvgIpc) is 2.22. The van der Waals surface area contributed by atoms with E-state index in [-0.39, 0.29) is 12.1 Å². The molecule has 15 heavy (non-hydrogen) atoms. The van der Waals surface area contributed by atoms with Crippen LogP contribution in [-0.2, 0) is 6.54 Å². The van der Waals surface area contributed by atoms with Gasteiger partial charge in [0.2, 0.25) is 0 Å². The molecule has 0 fully saturated rings. The second kappa shape index (κ2) is 3.78. The Morgan fingerprint density at radius 2 is 2.20 bits per heavy atom. The number of benzene rings is 1. The van der Waals surface area contributed by atoms with E-state index in [0.29, 0.717) is 10.9 Å². The third-order valence-electron chi connectivity index (χ3n) is 2.07. The fraction of sp³-hybridized carbons (Fsp3) is 0.300. The van der Waals surface area contributed by atoms with Crippen LogP contribution in [0.25, 0.3) is 10.9 Å². The van der Waals surface area contributed by atoms with Crippen molar-refractivity contribution >= 4 is 10.9 Å². The van der Waals surface area contributed by atoms with Crippen LogP contribution in [0.4, 0.5) is 0 Å². The molecule has 2 aromatic rings. The molecule has 0 unspecified atom stereocenters. The molecular weight excluding hydrogens is 194 g/mol. The van der Waals surface area contributed by atoms with Gasteiger partial charge in [0.15, 0.2) is 0 Å². The Hall–Kier alpha value is -1.75. The molecule has 2 rings (SSSR count). The Bertz CT molecular complexity index is 533. The average molecular weight is 205 g/mol. The van der Waals surface area contributed by atoms with Gasteiger partial charge in [-0.05, 0) is 19.1 Å². The molecule has 0 spiro atoms. The van der Waals surface area contributed by atoms with Crippen LogP contribution < -0.4 is 5.56 Å². The molecule has 1 heterocycles. The summed E-state index contributed by atoms with van der Waals surface area (Å²) in [5.74, 6) is 0. The lowest BCUT2D eigenvalue weighted by Gasteiger charge is -2.05. The van der Waals surface area contributed by atoms with Crippen LogP contribution in [0.3, 0.4) is 0 Å². The van der Waals surface area contributed by atoms with E-state index in [4.69, 9.17) is 0 Å². The zero-order valence-electron chi connectivity index (χ0n) is 8.29. The van der Waals surface area contributed by atoms with Crippen LogP contribution in [0.2, 0.25) is 0 Å². The second-order valence-electron chi connectivity index (χ2n) is 3.44. The molecule has 1 atom stereocenters. The normalized spacial score (nSPS) is 12.9. The van der Waals surface area contributed by atoms with Crippen molar-refractivity contribution < 1.29 is 5.11 Å². The van der Waals surface area contributed by atoms with Gasteiger partial charge in [0.25, 0.3) is 5.56 Å². The van der Waals surface area contributed by atoms with E-state index >= 15 is 0 Å². The summed E-state index contributed by atoms with van der Waals surface area (Å²) in [6, 6.07) is 7.01. The minimum absolute atomic E-state index is 0.163. The van der Waals surface area contributed by atoms with Crippen LogP contribution in [0, 0.1) is 0 Å². The molecule has 0 saturated heterocycles. The molecule has 5 heteroatoms. The van der Waals surface area contributed by atoms with Crippen molar-refractivity contribution in [3.63, 3.8) is 0 Å². The van der Waals surface area contributed by atoms with Gasteiger partial charge in [-0.2, -0.15) is 0 Å². The topological polar surface area (TPSA) is 68.0 Å². The Morgan fingerprint density at radius 1 is 1.47 bits per heavy atom. The third kappa shape index (κ3) is 1.87. The maximum absolute atomic E-state index is 11.8. The molecule has 0 bridgehead atoms. The molecule has 0 aliphatic heterocycles. The van der Waals surface area contributed by atoms with E-state index in [1.165, 1.54) is 4.68 Å². The molecular formula is C10H11N3O2. The summed E-state index contributed by atoms with van der Waals surface area (Å²) in [7, 11) is 0. The van der Waals surface area contributed by atoms with Crippen molar-refractivity contribution in [2.75, 3.05) is 0 Å². The molecule has 5 nitrogen and oxygen atoms in total. The van der Waals surface area contributed by atoms with Gasteiger partial charge in [0.05, 0.1) is 18.0 Å². The number of hydrogen-bond acceptors (Lipinski definition) is 4. The quantitative estimate of drug-likeness (QED) is 0.759. The fourth-order valence-corrected chi connectivity index (χ4v) is 1.39. The van der Waals surface area contributed by atoms with Gasteiger partial charge in [0, 0.05) is 0 Å². The number of rotatable bonds is 2. The van der Waals surface area contributed by atoms with E-state index in [2.05, 4.69) is 10.3 Å². The van der Waals surface area contributed by atoms with E-state index < -0.39 is 6.10 Å². The number of hydrogen-bond donors (Lipinski definition) is 1. The fourth-order valence-electron chi connectivity index (χ4n) is 1.39. The molecule has 1 aromatic heterocycles. The lowest BCUT2D eigenvalue weighted by Crippen LogP contribution is -2.28.